The number of benzene rings is 3. The molecule has 0 saturated heterocycles. The number of nitrogens with two attached hydrogens (primary N) is 1. The molecule has 1 aliphatic rings. The Morgan fingerprint density at radius 2 is 1.45 bits per heavy atom. The van der Waals surface area contributed by atoms with Gasteiger partial charge in [-0.2, -0.15) is 0 Å². The van der Waals surface area contributed by atoms with Crippen LogP contribution in [0.4, 0.5) is 11.4 Å². The molecular weight excluding hydrogens is 378 g/mol. The van der Waals surface area contributed by atoms with E-state index in [4.69, 9.17) is 0 Å². The largest absolute Gasteiger partial charge is 0.333 e. The highest BCUT2D eigenvalue weighted by Crippen LogP contribution is 2.47. The van der Waals surface area contributed by atoms with Crippen LogP contribution in [-0.4, -0.2) is 33.1 Å². The number of carbonyl (C=O) groups is 1. The third-order valence-electron chi connectivity index (χ3n) is 5.30. The van der Waals surface area contributed by atoms with Crippen LogP contribution in [0.2, 0.25) is 0 Å². The SMILES string of the molecule is C[NH+](C)[C@H](C[NH2+]CC(=O)N1c2ccccc2Sc2ccccc21)c1ccccc1. The molecule has 0 spiro atoms. The maximum absolute atomic E-state index is 13.3. The first kappa shape index (κ1) is 19.7. The summed E-state index contributed by atoms with van der Waals surface area (Å²) in [5.41, 5.74) is 3.26. The van der Waals surface area contributed by atoms with Crippen molar-refractivity contribution in [3.05, 3.63) is 84.4 Å². The van der Waals surface area contributed by atoms with E-state index in [9.17, 15) is 4.79 Å². The van der Waals surface area contributed by atoms with Crippen molar-refractivity contribution >= 4 is 29.0 Å². The molecular formula is C24H27N3OS+2. The van der Waals surface area contributed by atoms with Crippen LogP contribution < -0.4 is 15.1 Å². The quantitative estimate of drug-likeness (QED) is 0.661. The third kappa shape index (κ3) is 4.22. The van der Waals surface area contributed by atoms with Gasteiger partial charge in [-0.05, 0) is 24.3 Å². The summed E-state index contributed by atoms with van der Waals surface area (Å²) in [4.78, 5) is 18.8. The number of carbonyl (C=O) groups excluding carboxylic acids is 1. The molecule has 1 aliphatic heterocycles. The monoisotopic (exact) mass is 405 g/mol. The Balaban J connectivity index is 1.50. The lowest BCUT2D eigenvalue weighted by Gasteiger charge is -2.30. The first-order valence-corrected chi connectivity index (χ1v) is 10.8. The zero-order valence-corrected chi connectivity index (χ0v) is 17.7. The second-order valence-electron chi connectivity index (χ2n) is 7.54. The highest BCUT2D eigenvalue weighted by atomic mass is 32.2. The molecule has 0 aromatic heterocycles. The summed E-state index contributed by atoms with van der Waals surface area (Å²) in [5, 5.41) is 2.14. The molecule has 0 fully saturated rings. The molecule has 3 aromatic rings. The number of nitrogens with one attached hydrogen (secondary N) is 1. The molecule has 1 amide bonds. The van der Waals surface area contributed by atoms with Crippen LogP contribution in [0.25, 0.3) is 0 Å². The Hall–Kier alpha value is -2.60. The standard InChI is InChI=1S/C24H25N3OS/c1-26(2)21(18-10-4-3-5-11-18)16-25-17-24(28)27-19-12-6-8-14-22(19)29-23-15-9-7-13-20(23)27/h3-15,21,25H,16-17H2,1-2H3/p+2/t21-/m1/s1. The molecule has 148 valence electrons. The molecule has 0 bridgehead atoms. The summed E-state index contributed by atoms with van der Waals surface area (Å²) >= 11 is 1.73. The van der Waals surface area contributed by atoms with Crippen molar-refractivity contribution in [3.8, 4) is 0 Å². The number of para-hydroxylation sites is 2. The molecule has 5 heteroatoms. The normalized spacial score (nSPS) is 13.7. The summed E-state index contributed by atoms with van der Waals surface area (Å²) in [5.74, 6) is 0.116. The van der Waals surface area contributed by atoms with Gasteiger partial charge in [-0.1, -0.05) is 66.4 Å². The van der Waals surface area contributed by atoms with E-state index in [2.05, 4.69) is 55.8 Å². The molecule has 3 aromatic carbocycles. The average molecular weight is 406 g/mol. The van der Waals surface area contributed by atoms with Crippen molar-refractivity contribution < 1.29 is 15.0 Å². The molecule has 4 nitrogen and oxygen atoms in total. The summed E-state index contributed by atoms with van der Waals surface area (Å²) in [7, 11) is 4.34. The Labute approximate surface area is 176 Å². The van der Waals surface area contributed by atoms with E-state index in [-0.39, 0.29) is 5.91 Å². The number of anilines is 2. The maximum Gasteiger partial charge on any atom is 0.286 e. The Bertz CT molecular complexity index is 945. The van der Waals surface area contributed by atoms with Crippen LogP contribution in [0.1, 0.15) is 11.6 Å². The Morgan fingerprint density at radius 1 is 0.897 bits per heavy atom. The van der Waals surface area contributed by atoms with Crippen LogP contribution in [0, 0.1) is 0 Å². The predicted molar refractivity (Wildman–Crippen MR) is 118 cm³/mol. The zero-order chi connectivity index (χ0) is 20.2. The molecule has 3 N–H and O–H groups in total. The number of likely N-dealkylation sites (N-methyl/N-ethyl adjacent to an activating group) is 1. The van der Waals surface area contributed by atoms with E-state index in [0.29, 0.717) is 12.6 Å². The van der Waals surface area contributed by atoms with Crippen molar-refractivity contribution in [1.29, 1.82) is 0 Å². The van der Waals surface area contributed by atoms with E-state index in [1.165, 1.54) is 10.5 Å². The van der Waals surface area contributed by atoms with Gasteiger partial charge in [-0.3, -0.25) is 9.69 Å². The van der Waals surface area contributed by atoms with E-state index in [1.54, 1.807) is 11.8 Å². The van der Waals surface area contributed by atoms with E-state index >= 15 is 0 Å². The molecule has 1 atom stereocenters. The molecule has 29 heavy (non-hydrogen) atoms. The first-order chi connectivity index (χ1) is 14.1. The first-order valence-electron chi connectivity index (χ1n) is 10.0. The van der Waals surface area contributed by atoms with Crippen LogP contribution in [0.15, 0.2) is 88.7 Å². The topological polar surface area (TPSA) is 41.4 Å². The number of rotatable bonds is 6. The third-order valence-corrected chi connectivity index (χ3v) is 6.43. The second-order valence-corrected chi connectivity index (χ2v) is 8.62. The van der Waals surface area contributed by atoms with Gasteiger partial charge in [0, 0.05) is 15.4 Å². The smallest absolute Gasteiger partial charge is 0.286 e. The zero-order valence-electron chi connectivity index (χ0n) is 16.8. The maximum atomic E-state index is 13.3. The van der Waals surface area contributed by atoms with Crippen LogP contribution in [-0.2, 0) is 4.79 Å². The minimum Gasteiger partial charge on any atom is -0.333 e. The molecule has 4 rings (SSSR count). The minimum atomic E-state index is 0.116. The van der Waals surface area contributed by atoms with Crippen LogP contribution in [0.3, 0.4) is 0 Å². The molecule has 1 heterocycles. The number of fused-ring (bicyclic) bond motifs is 2. The molecule has 0 radical (unpaired) electrons. The fourth-order valence-electron chi connectivity index (χ4n) is 3.83. The van der Waals surface area contributed by atoms with Gasteiger partial charge in [0.15, 0.2) is 12.6 Å². The van der Waals surface area contributed by atoms with Gasteiger partial charge >= 0.3 is 0 Å². The summed E-state index contributed by atoms with van der Waals surface area (Å²) in [6.45, 7) is 1.29. The van der Waals surface area contributed by atoms with Crippen molar-refractivity contribution in [1.82, 2.24) is 0 Å². The lowest BCUT2D eigenvalue weighted by molar-refractivity contribution is -0.908. The minimum absolute atomic E-state index is 0.116. The highest BCUT2D eigenvalue weighted by Gasteiger charge is 2.29. The van der Waals surface area contributed by atoms with Crippen LogP contribution in [0.5, 0.6) is 0 Å². The molecule has 0 unspecified atom stereocenters. The lowest BCUT2D eigenvalue weighted by Crippen LogP contribution is -3.09. The predicted octanol–water partition coefficient (Wildman–Crippen LogP) is 2.27. The second kappa shape index (κ2) is 8.82. The highest BCUT2D eigenvalue weighted by molar-refractivity contribution is 7.99. The number of hydrogen-bond acceptors (Lipinski definition) is 2. The van der Waals surface area contributed by atoms with Crippen molar-refractivity contribution in [2.45, 2.75) is 15.8 Å². The number of quaternary nitrogens is 2. The summed E-state index contributed by atoms with van der Waals surface area (Å²) in [6, 6.07) is 27.2. The van der Waals surface area contributed by atoms with Gasteiger partial charge in [-0.25, -0.2) is 0 Å². The van der Waals surface area contributed by atoms with E-state index < -0.39 is 0 Å². The molecule has 0 saturated carbocycles. The lowest BCUT2D eigenvalue weighted by atomic mass is 10.1. The van der Waals surface area contributed by atoms with Crippen molar-refractivity contribution in [2.75, 3.05) is 32.1 Å². The summed E-state index contributed by atoms with van der Waals surface area (Å²) in [6.07, 6.45) is 0. The van der Waals surface area contributed by atoms with Crippen molar-refractivity contribution in [3.63, 3.8) is 0 Å². The summed E-state index contributed by atoms with van der Waals surface area (Å²) < 4.78 is 0. The van der Waals surface area contributed by atoms with Gasteiger partial charge < -0.3 is 10.2 Å². The van der Waals surface area contributed by atoms with Gasteiger partial charge in [-0.15, -0.1) is 0 Å². The van der Waals surface area contributed by atoms with Gasteiger partial charge in [0.25, 0.3) is 5.91 Å². The Kier molecular flexibility index (Phi) is 6.00. The van der Waals surface area contributed by atoms with Gasteiger partial charge in [0.1, 0.15) is 6.54 Å². The van der Waals surface area contributed by atoms with Crippen LogP contribution >= 0.6 is 11.8 Å². The van der Waals surface area contributed by atoms with Gasteiger partial charge in [0.05, 0.1) is 25.5 Å². The van der Waals surface area contributed by atoms with Crippen molar-refractivity contribution in [2.24, 2.45) is 0 Å². The number of nitrogens with zero attached hydrogens (tertiary/aromatic N) is 1. The molecule has 0 aliphatic carbocycles. The Morgan fingerprint density at radius 3 is 2.03 bits per heavy atom. The fourth-order valence-corrected chi connectivity index (χ4v) is 4.89. The van der Waals surface area contributed by atoms with E-state index in [0.717, 1.165) is 27.7 Å². The number of amides is 1. The van der Waals surface area contributed by atoms with Gasteiger partial charge in [0.2, 0.25) is 0 Å². The number of hydrogen-bond donors (Lipinski definition) is 2. The fraction of sp³-hybridized carbons (Fsp3) is 0.208. The average Bonchev–Trinajstić information content (AvgIpc) is 2.75. The van der Waals surface area contributed by atoms with E-state index in [1.807, 2.05) is 47.4 Å².